The van der Waals surface area contributed by atoms with Crippen LogP contribution in [-0.2, 0) is 11.3 Å². The lowest BCUT2D eigenvalue weighted by atomic mass is 10.2. The van der Waals surface area contributed by atoms with Crippen LogP contribution in [0, 0.1) is 0 Å². The lowest BCUT2D eigenvalue weighted by Gasteiger charge is -2.12. The number of aliphatic hydroxyl groups is 1. The standard InChI is InChI=1S/C15H21N3O2S/c1-3-18-13-7-5-4-6-12(13)17-15(18)21-10-14(20)16-11(2)8-9-19/h4-7,11,19H,3,8-10H2,1-2H3,(H,16,20). The first kappa shape index (κ1) is 15.9. The van der Waals surface area contributed by atoms with Crippen molar-refractivity contribution in [1.29, 1.82) is 0 Å². The van der Waals surface area contributed by atoms with Gasteiger partial charge in [-0.2, -0.15) is 0 Å². The van der Waals surface area contributed by atoms with E-state index in [1.165, 1.54) is 11.8 Å². The maximum absolute atomic E-state index is 11.9. The van der Waals surface area contributed by atoms with Crippen LogP contribution < -0.4 is 5.32 Å². The van der Waals surface area contributed by atoms with Crippen LogP contribution in [-0.4, -0.2) is 39.0 Å². The fraction of sp³-hybridized carbons (Fsp3) is 0.467. The molecule has 1 unspecified atom stereocenters. The molecule has 0 aliphatic rings. The van der Waals surface area contributed by atoms with Gasteiger partial charge in [0, 0.05) is 19.2 Å². The van der Waals surface area contributed by atoms with Gasteiger partial charge in [-0.05, 0) is 32.4 Å². The number of aryl methyl sites for hydroxylation is 1. The number of nitrogens with one attached hydrogen (secondary N) is 1. The number of aliphatic hydroxyl groups excluding tert-OH is 1. The fourth-order valence-corrected chi connectivity index (χ4v) is 3.07. The number of aromatic nitrogens is 2. The average Bonchev–Trinajstić information content (AvgIpc) is 2.82. The fourth-order valence-electron chi connectivity index (χ4n) is 2.18. The van der Waals surface area contributed by atoms with E-state index in [-0.39, 0.29) is 18.6 Å². The molecule has 1 aromatic heterocycles. The van der Waals surface area contributed by atoms with E-state index in [0.717, 1.165) is 22.7 Å². The molecule has 114 valence electrons. The summed E-state index contributed by atoms with van der Waals surface area (Å²) in [5.41, 5.74) is 2.05. The van der Waals surface area contributed by atoms with Gasteiger partial charge in [0.05, 0.1) is 16.8 Å². The van der Waals surface area contributed by atoms with Gasteiger partial charge < -0.3 is 15.0 Å². The highest BCUT2D eigenvalue weighted by molar-refractivity contribution is 7.99. The minimum absolute atomic E-state index is 0.00640. The van der Waals surface area contributed by atoms with Gasteiger partial charge in [-0.3, -0.25) is 4.79 Å². The van der Waals surface area contributed by atoms with Crippen LogP contribution in [0.4, 0.5) is 0 Å². The molecule has 21 heavy (non-hydrogen) atoms. The predicted octanol–water partition coefficient (Wildman–Crippen LogP) is 2.04. The molecular weight excluding hydrogens is 286 g/mol. The molecule has 1 aromatic carbocycles. The first-order valence-corrected chi connectivity index (χ1v) is 8.12. The van der Waals surface area contributed by atoms with E-state index >= 15 is 0 Å². The van der Waals surface area contributed by atoms with Gasteiger partial charge >= 0.3 is 0 Å². The summed E-state index contributed by atoms with van der Waals surface area (Å²) < 4.78 is 2.12. The molecule has 5 nitrogen and oxygen atoms in total. The number of carbonyl (C=O) groups excluding carboxylic acids is 1. The molecule has 2 N–H and O–H groups in total. The topological polar surface area (TPSA) is 67.2 Å². The minimum atomic E-state index is -0.0318. The van der Waals surface area contributed by atoms with Gasteiger partial charge in [0.15, 0.2) is 5.16 Å². The highest BCUT2D eigenvalue weighted by Gasteiger charge is 2.12. The zero-order chi connectivity index (χ0) is 15.2. The number of thioether (sulfide) groups is 1. The van der Waals surface area contributed by atoms with Crippen LogP contribution in [0.1, 0.15) is 20.3 Å². The molecule has 0 bridgehead atoms. The SMILES string of the molecule is CCn1c(SCC(=O)NC(C)CCO)nc2ccccc21. The van der Waals surface area contributed by atoms with Gasteiger partial charge in [-0.15, -0.1) is 0 Å². The summed E-state index contributed by atoms with van der Waals surface area (Å²) in [7, 11) is 0. The monoisotopic (exact) mass is 307 g/mol. The first-order valence-electron chi connectivity index (χ1n) is 7.14. The molecule has 2 rings (SSSR count). The molecule has 1 atom stereocenters. The molecule has 0 saturated carbocycles. The Balaban J connectivity index is 2.01. The van der Waals surface area contributed by atoms with Crippen molar-refractivity contribution in [3.63, 3.8) is 0 Å². The molecule has 1 amide bonds. The van der Waals surface area contributed by atoms with E-state index in [9.17, 15) is 4.79 Å². The number of fused-ring (bicyclic) bond motifs is 1. The van der Waals surface area contributed by atoms with Crippen molar-refractivity contribution < 1.29 is 9.90 Å². The third kappa shape index (κ3) is 3.98. The van der Waals surface area contributed by atoms with Crippen LogP contribution >= 0.6 is 11.8 Å². The summed E-state index contributed by atoms with van der Waals surface area (Å²) in [5, 5.41) is 12.6. The van der Waals surface area contributed by atoms with E-state index in [2.05, 4.69) is 21.8 Å². The van der Waals surface area contributed by atoms with Crippen LogP contribution in [0.25, 0.3) is 11.0 Å². The molecule has 6 heteroatoms. The van der Waals surface area contributed by atoms with Crippen molar-refractivity contribution in [2.24, 2.45) is 0 Å². The molecule has 0 saturated heterocycles. The van der Waals surface area contributed by atoms with Gasteiger partial charge in [-0.25, -0.2) is 4.98 Å². The normalized spacial score (nSPS) is 12.5. The molecular formula is C15H21N3O2S. The van der Waals surface area contributed by atoms with Crippen LogP contribution in [0.5, 0.6) is 0 Å². The number of hydrogen-bond donors (Lipinski definition) is 2. The maximum Gasteiger partial charge on any atom is 0.230 e. The van der Waals surface area contributed by atoms with Crippen molar-refractivity contribution in [2.75, 3.05) is 12.4 Å². The summed E-state index contributed by atoms with van der Waals surface area (Å²) in [6.45, 7) is 4.87. The average molecular weight is 307 g/mol. The van der Waals surface area contributed by atoms with Crippen molar-refractivity contribution in [2.45, 2.75) is 38.0 Å². The molecule has 0 radical (unpaired) electrons. The highest BCUT2D eigenvalue weighted by Crippen LogP contribution is 2.23. The van der Waals surface area contributed by atoms with Gasteiger partial charge in [0.1, 0.15) is 0 Å². The Hall–Kier alpha value is -1.53. The molecule has 1 heterocycles. The smallest absolute Gasteiger partial charge is 0.230 e. The Morgan fingerprint density at radius 3 is 2.95 bits per heavy atom. The quantitative estimate of drug-likeness (QED) is 0.768. The van der Waals surface area contributed by atoms with E-state index in [1.54, 1.807) is 0 Å². The zero-order valence-corrected chi connectivity index (χ0v) is 13.2. The number of carbonyl (C=O) groups is 1. The van der Waals surface area contributed by atoms with E-state index < -0.39 is 0 Å². The summed E-state index contributed by atoms with van der Waals surface area (Å²) in [6.07, 6.45) is 0.573. The highest BCUT2D eigenvalue weighted by atomic mass is 32.2. The van der Waals surface area contributed by atoms with Gasteiger partial charge in [0.25, 0.3) is 0 Å². The third-order valence-electron chi connectivity index (χ3n) is 3.24. The predicted molar refractivity (Wildman–Crippen MR) is 85.4 cm³/mol. The zero-order valence-electron chi connectivity index (χ0n) is 12.4. The van der Waals surface area contributed by atoms with Gasteiger partial charge in [0.2, 0.25) is 5.91 Å². The summed E-state index contributed by atoms with van der Waals surface area (Å²) in [5.74, 6) is 0.301. The van der Waals surface area contributed by atoms with E-state index in [1.807, 2.05) is 31.2 Å². The number of rotatable bonds is 7. The van der Waals surface area contributed by atoms with E-state index in [4.69, 9.17) is 5.11 Å². The number of benzene rings is 1. The molecule has 0 aliphatic heterocycles. The molecule has 2 aromatic rings. The lowest BCUT2D eigenvalue weighted by Crippen LogP contribution is -2.34. The number of imidazole rings is 1. The third-order valence-corrected chi connectivity index (χ3v) is 4.21. The number of nitrogens with zero attached hydrogens (tertiary/aromatic N) is 2. The summed E-state index contributed by atoms with van der Waals surface area (Å²) >= 11 is 1.44. The Bertz CT molecular complexity index is 612. The van der Waals surface area contributed by atoms with Crippen LogP contribution in [0.3, 0.4) is 0 Å². The second kappa shape index (κ2) is 7.47. The Labute approximate surface area is 128 Å². The van der Waals surface area contributed by atoms with Crippen molar-refractivity contribution in [1.82, 2.24) is 14.9 Å². The molecule has 0 aliphatic carbocycles. The van der Waals surface area contributed by atoms with Crippen LogP contribution in [0.15, 0.2) is 29.4 Å². The first-order chi connectivity index (χ1) is 10.2. The Morgan fingerprint density at radius 1 is 1.48 bits per heavy atom. The number of amides is 1. The second-order valence-corrected chi connectivity index (χ2v) is 5.84. The number of para-hydroxylation sites is 2. The van der Waals surface area contributed by atoms with Gasteiger partial charge in [-0.1, -0.05) is 23.9 Å². The maximum atomic E-state index is 11.9. The van der Waals surface area contributed by atoms with Crippen molar-refractivity contribution >= 4 is 28.7 Å². The summed E-state index contributed by atoms with van der Waals surface area (Å²) in [4.78, 5) is 16.4. The number of hydrogen-bond acceptors (Lipinski definition) is 4. The van der Waals surface area contributed by atoms with Crippen molar-refractivity contribution in [3.8, 4) is 0 Å². The van der Waals surface area contributed by atoms with Crippen LogP contribution in [0.2, 0.25) is 0 Å². The van der Waals surface area contributed by atoms with E-state index in [0.29, 0.717) is 12.2 Å². The second-order valence-electron chi connectivity index (χ2n) is 4.90. The lowest BCUT2D eigenvalue weighted by molar-refractivity contribution is -0.119. The largest absolute Gasteiger partial charge is 0.396 e. The molecule has 0 spiro atoms. The Morgan fingerprint density at radius 2 is 2.24 bits per heavy atom. The summed E-state index contributed by atoms with van der Waals surface area (Å²) in [6, 6.07) is 7.97. The Kier molecular flexibility index (Phi) is 5.64. The van der Waals surface area contributed by atoms with Crippen molar-refractivity contribution in [3.05, 3.63) is 24.3 Å². The molecule has 0 fully saturated rings. The minimum Gasteiger partial charge on any atom is -0.396 e.